The number of rotatable bonds is 6. The van der Waals surface area contributed by atoms with Crippen molar-refractivity contribution in [3.05, 3.63) is 59.1 Å². The summed E-state index contributed by atoms with van der Waals surface area (Å²) in [6.45, 7) is 0.467. The fraction of sp³-hybridized carbons (Fsp3) is 0.278. The van der Waals surface area contributed by atoms with Gasteiger partial charge in [-0.25, -0.2) is 4.79 Å². The smallest absolute Gasteiger partial charge is 0.414 e. The van der Waals surface area contributed by atoms with Crippen LogP contribution in [0.4, 0.5) is 4.79 Å². The van der Waals surface area contributed by atoms with Crippen molar-refractivity contribution in [2.24, 2.45) is 0 Å². The fourth-order valence-electron chi connectivity index (χ4n) is 2.02. The van der Waals surface area contributed by atoms with Crippen molar-refractivity contribution in [3.8, 4) is 11.5 Å². The van der Waals surface area contributed by atoms with E-state index in [0.717, 1.165) is 11.3 Å². The zero-order valence-electron chi connectivity index (χ0n) is 14.0. The van der Waals surface area contributed by atoms with Gasteiger partial charge in [0.2, 0.25) is 0 Å². The second-order valence-electron chi connectivity index (χ2n) is 5.44. The normalized spacial score (nSPS) is 11.7. The zero-order chi connectivity index (χ0) is 17.5. The van der Waals surface area contributed by atoms with Crippen molar-refractivity contribution in [3.63, 3.8) is 0 Å². The minimum absolute atomic E-state index is 0.0132. The Hall–Kier alpha value is -2.24. The SMILES string of the molecule is CNC(COc1ccc(Cl)cc1)c1ccc(OC(=O)N(C)C)cc1. The molecule has 2 rings (SSSR count). The average molecular weight is 349 g/mol. The van der Waals surface area contributed by atoms with Gasteiger partial charge in [-0.3, -0.25) is 0 Å². The molecule has 2 aromatic carbocycles. The van der Waals surface area contributed by atoms with Gasteiger partial charge in [0.05, 0.1) is 6.04 Å². The summed E-state index contributed by atoms with van der Waals surface area (Å²) in [5, 5.41) is 3.89. The van der Waals surface area contributed by atoms with Gasteiger partial charge in [0.25, 0.3) is 0 Å². The largest absolute Gasteiger partial charge is 0.492 e. The maximum absolute atomic E-state index is 11.5. The summed E-state index contributed by atoms with van der Waals surface area (Å²) in [5.74, 6) is 1.27. The topological polar surface area (TPSA) is 50.8 Å². The van der Waals surface area contributed by atoms with Crippen molar-refractivity contribution in [2.75, 3.05) is 27.7 Å². The number of ether oxygens (including phenoxy) is 2. The Bertz CT molecular complexity index is 657. The molecule has 0 fully saturated rings. The summed E-state index contributed by atoms with van der Waals surface area (Å²) >= 11 is 5.86. The van der Waals surface area contributed by atoms with E-state index in [9.17, 15) is 4.79 Å². The second-order valence-corrected chi connectivity index (χ2v) is 5.87. The number of carbonyl (C=O) groups excluding carboxylic acids is 1. The number of benzene rings is 2. The third kappa shape index (κ3) is 5.15. The Labute approximate surface area is 147 Å². The van der Waals surface area contributed by atoms with E-state index in [4.69, 9.17) is 21.1 Å². The van der Waals surface area contributed by atoms with Crippen LogP contribution in [-0.2, 0) is 0 Å². The van der Waals surface area contributed by atoms with Gasteiger partial charge >= 0.3 is 6.09 Å². The van der Waals surface area contributed by atoms with Gasteiger partial charge in [0.15, 0.2) is 0 Å². The quantitative estimate of drug-likeness (QED) is 0.864. The van der Waals surface area contributed by atoms with Crippen LogP contribution >= 0.6 is 11.6 Å². The summed E-state index contributed by atoms with van der Waals surface area (Å²) in [5.41, 5.74) is 1.04. The molecule has 1 atom stereocenters. The lowest BCUT2D eigenvalue weighted by Gasteiger charge is -2.18. The first-order chi connectivity index (χ1) is 11.5. The Morgan fingerprint density at radius 1 is 1.08 bits per heavy atom. The number of halogens is 1. The lowest BCUT2D eigenvalue weighted by atomic mass is 10.1. The molecular weight excluding hydrogens is 328 g/mol. The van der Waals surface area contributed by atoms with Crippen LogP contribution in [0.15, 0.2) is 48.5 Å². The molecule has 2 aromatic rings. The molecule has 0 aliphatic carbocycles. The Kier molecular flexibility index (Phi) is 6.46. The minimum atomic E-state index is -0.404. The third-order valence-electron chi connectivity index (χ3n) is 3.43. The predicted octanol–water partition coefficient (Wildman–Crippen LogP) is 3.74. The molecule has 0 spiro atoms. The molecular formula is C18H21ClN2O3. The van der Waals surface area contributed by atoms with Gasteiger partial charge in [-0.05, 0) is 49.0 Å². The Balaban J connectivity index is 1.97. The van der Waals surface area contributed by atoms with Crippen LogP contribution in [0.5, 0.6) is 11.5 Å². The van der Waals surface area contributed by atoms with Crippen LogP contribution in [0.1, 0.15) is 11.6 Å². The number of nitrogens with one attached hydrogen (secondary N) is 1. The summed E-state index contributed by atoms with van der Waals surface area (Å²) in [4.78, 5) is 12.9. The summed E-state index contributed by atoms with van der Waals surface area (Å²) < 4.78 is 11.0. The van der Waals surface area contributed by atoms with E-state index in [1.165, 1.54) is 4.90 Å². The van der Waals surface area contributed by atoms with Gasteiger partial charge in [0, 0.05) is 19.1 Å². The Morgan fingerprint density at radius 3 is 2.21 bits per heavy atom. The van der Waals surface area contributed by atoms with Crippen LogP contribution in [0.2, 0.25) is 5.02 Å². The summed E-state index contributed by atoms with van der Waals surface area (Å²) in [6.07, 6.45) is -0.404. The molecule has 0 saturated heterocycles. The van der Waals surface area contributed by atoms with Crippen LogP contribution < -0.4 is 14.8 Å². The van der Waals surface area contributed by atoms with Gasteiger partial charge in [0.1, 0.15) is 18.1 Å². The highest BCUT2D eigenvalue weighted by Gasteiger charge is 2.12. The molecule has 0 aromatic heterocycles. The number of carbonyl (C=O) groups is 1. The molecule has 0 saturated carbocycles. The van der Waals surface area contributed by atoms with Crippen LogP contribution in [0.25, 0.3) is 0 Å². The molecule has 0 heterocycles. The van der Waals surface area contributed by atoms with Gasteiger partial charge in [-0.2, -0.15) is 0 Å². The van der Waals surface area contributed by atoms with E-state index < -0.39 is 6.09 Å². The van der Waals surface area contributed by atoms with E-state index in [1.54, 1.807) is 38.4 Å². The number of amides is 1. The molecule has 24 heavy (non-hydrogen) atoms. The van der Waals surface area contributed by atoms with Crippen molar-refractivity contribution in [1.29, 1.82) is 0 Å². The number of hydrogen-bond acceptors (Lipinski definition) is 4. The van der Waals surface area contributed by atoms with E-state index in [0.29, 0.717) is 17.4 Å². The molecule has 128 valence electrons. The van der Waals surface area contributed by atoms with Crippen molar-refractivity contribution < 1.29 is 14.3 Å². The highest BCUT2D eigenvalue weighted by molar-refractivity contribution is 6.30. The molecule has 0 bridgehead atoms. The first-order valence-electron chi connectivity index (χ1n) is 7.54. The molecule has 0 aliphatic rings. The van der Waals surface area contributed by atoms with Gasteiger partial charge in [-0.1, -0.05) is 23.7 Å². The first-order valence-corrected chi connectivity index (χ1v) is 7.92. The maximum Gasteiger partial charge on any atom is 0.414 e. The molecule has 1 amide bonds. The van der Waals surface area contributed by atoms with Crippen molar-refractivity contribution >= 4 is 17.7 Å². The van der Waals surface area contributed by atoms with E-state index >= 15 is 0 Å². The molecule has 6 heteroatoms. The van der Waals surface area contributed by atoms with E-state index in [2.05, 4.69) is 5.32 Å². The molecule has 5 nitrogen and oxygen atoms in total. The zero-order valence-corrected chi connectivity index (χ0v) is 14.7. The summed E-state index contributed by atoms with van der Waals surface area (Å²) in [6, 6.07) is 14.6. The molecule has 0 radical (unpaired) electrons. The van der Waals surface area contributed by atoms with Gasteiger partial charge in [-0.15, -0.1) is 0 Å². The minimum Gasteiger partial charge on any atom is -0.492 e. The highest BCUT2D eigenvalue weighted by Crippen LogP contribution is 2.21. The monoisotopic (exact) mass is 348 g/mol. The van der Waals surface area contributed by atoms with Gasteiger partial charge < -0.3 is 19.7 Å². The lowest BCUT2D eigenvalue weighted by Crippen LogP contribution is -2.25. The standard InChI is InChI=1S/C18H21ClN2O3/c1-20-17(12-23-15-10-6-14(19)7-11-15)13-4-8-16(9-5-13)24-18(22)21(2)3/h4-11,17,20H,12H2,1-3H3. The van der Waals surface area contributed by atoms with Crippen LogP contribution in [0.3, 0.4) is 0 Å². The fourth-order valence-corrected chi connectivity index (χ4v) is 2.14. The van der Waals surface area contributed by atoms with Crippen LogP contribution in [-0.4, -0.2) is 38.7 Å². The number of nitrogens with zero attached hydrogens (tertiary/aromatic N) is 1. The van der Waals surface area contributed by atoms with E-state index in [-0.39, 0.29) is 6.04 Å². The Morgan fingerprint density at radius 2 is 1.67 bits per heavy atom. The van der Waals surface area contributed by atoms with Crippen LogP contribution in [0, 0.1) is 0 Å². The summed E-state index contributed by atoms with van der Waals surface area (Å²) in [7, 11) is 5.15. The van der Waals surface area contributed by atoms with Crippen molar-refractivity contribution in [2.45, 2.75) is 6.04 Å². The van der Waals surface area contributed by atoms with Crippen molar-refractivity contribution in [1.82, 2.24) is 10.2 Å². The first kappa shape index (κ1) is 18.1. The second kappa shape index (κ2) is 8.57. The number of hydrogen-bond donors (Lipinski definition) is 1. The number of likely N-dealkylation sites (N-methyl/N-ethyl adjacent to an activating group) is 1. The lowest BCUT2D eigenvalue weighted by molar-refractivity contribution is 0.172. The third-order valence-corrected chi connectivity index (χ3v) is 3.68. The van der Waals surface area contributed by atoms with E-state index in [1.807, 2.05) is 31.3 Å². The maximum atomic E-state index is 11.5. The molecule has 1 unspecified atom stereocenters. The molecule has 1 N–H and O–H groups in total. The predicted molar refractivity (Wildman–Crippen MR) is 94.9 cm³/mol. The highest BCUT2D eigenvalue weighted by atomic mass is 35.5. The molecule has 0 aliphatic heterocycles. The average Bonchev–Trinajstić information content (AvgIpc) is 2.58.